The Balaban J connectivity index is 1.72. The summed E-state index contributed by atoms with van der Waals surface area (Å²) in [5.41, 5.74) is 0.788. The maximum Gasteiger partial charge on any atom is 0.254 e. The number of benzene rings is 2. The van der Waals surface area contributed by atoms with Gasteiger partial charge in [-0.2, -0.15) is 0 Å². The molecule has 28 heavy (non-hydrogen) atoms. The number of likely N-dealkylation sites (tertiary alicyclic amines) is 1. The summed E-state index contributed by atoms with van der Waals surface area (Å²) < 4.78 is 24.5. The third kappa shape index (κ3) is 4.08. The highest BCUT2D eigenvalue weighted by atomic mass is 19.1. The van der Waals surface area contributed by atoms with Crippen LogP contribution in [0.25, 0.3) is 0 Å². The maximum absolute atomic E-state index is 13.7. The molecule has 1 aliphatic heterocycles. The van der Waals surface area contributed by atoms with Gasteiger partial charge in [0.05, 0.1) is 32.4 Å². The molecule has 1 fully saturated rings. The minimum absolute atomic E-state index is 0.0808. The molecule has 0 bridgehead atoms. The predicted molar refractivity (Wildman–Crippen MR) is 102 cm³/mol. The van der Waals surface area contributed by atoms with Crippen LogP contribution < -0.4 is 14.8 Å². The Hall–Kier alpha value is -3.09. The van der Waals surface area contributed by atoms with Crippen molar-refractivity contribution >= 4 is 11.8 Å². The molecule has 1 saturated heterocycles. The number of rotatable bonds is 6. The summed E-state index contributed by atoms with van der Waals surface area (Å²) in [5, 5.41) is 2.51. The van der Waals surface area contributed by atoms with E-state index in [0.717, 1.165) is 18.4 Å². The van der Waals surface area contributed by atoms with E-state index in [1.54, 1.807) is 31.3 Å². The van der Waals surface area contributed by atoms with Crippen molar-refractivity contribution in [2.45, 2.75) is 18.9 Å². The van der Waals surface area contributed by atoms with Gasteiger partial charge >= 0.3 is 0 Å². The van der Waals surface area contributed by atoms with E-state index in [2.05, 4.69) is 5.32 Å². The van der Waals surface area contributed by atoms with Crippen LogP contribution in [0.15, 0.2) is 42.5 Å². The molecule has 1 unspecified atom stereocenters. The zero-order chi connectivity index (χ0) is 20.1. The number of ether oxygens (including phenoxy) is 2. The van der Waals surface area contributed by atoms with E-state index in [4.69, 9.17) is 9.47 Å². The van der Waals surface area contributed by atoms with E-state index in [1.807, 2.05) is 12.1 Å². The van der Waals surface area contributed by atoms with Crippen LogP contribution in [0.5, 0.6) is 11.5 Å². The largest absolute Gasteiger partial charge is 0.497 e. The Bertz CT molecular complexity index is 871. The van der Waals surface area contributed by atoms with Crippen molar-refractivity contribution in [3.63, 3.8) is 0 Å². The van der Waals surface area contributed by atoms with Crippen LogP contribution in [-0.4, -0.2) is 44.0 Å². The number of nitrogens with zero attached hydrogens (tertiary/aromatic N) is 1. The van der Waals surface area contributed by atoms with Gasteiger partial charge in [0, 0.05) is 12.1 Å². The van der Waals surface area contributed by atoms with Gasteiger partial charge < -0.3 is 19.7 Å². The Labute approximate surface area is 163 Å². The first kappa shape index (κ1) is 19.7. The third-order valence-electron chi connectivity index (χ3n) is 4.89. The van der Waals surface area contributed by atoms with Crippen molar-refractivity contribution in [2.75, 3.05) is 27.3 Å². The highest BCUT2D eigenvalue weighted by molar-refractivity contribution is 5.96. The number of hydrogen-bond acceptors (Lipinski definition) is 4. The summed E-state index contributed by atoms with van der Waals surface area (Å²) in [6.45, 7) is 0.384. The first-order valence-electron chi connectivity index (χ1n) is 9.09. The lowest BCUT2D eigenvalue weighted by molar-refractivity contribution is -0.131. The fraction of sp³-hybridized carbons (Fsp3) is 0.333. The maximum atomic E-state index is 13.7. The highest BCUT2D eigenvalue weighted by Crippen LogP contribution is 2.38. The summed E-state index contributed by atoms with van der Waals surface area (Å²) in [7, 11) is 3.17. The number of hydrogen-bond donors (Lipinski definition) is 1. The molecule has 1 N–H and O–H groups in total. The zero-order valence-electron chi connectivity index (χ0n) is 15.9. The molecule has 3 rings (SSSR count). The van der Waals surface area contributed by atoms with Crippen molar-refractivity contribution in [1.82, 2.24) is 10.2 Å². The van der Waals surface area contributed by atoms with E-state index in [0.29, 0.717) is 18.0 Å². The average molecular weight is 386 g/mol. The number of nitrogens with one attached hydrogen (secondary N) is 1. The normalized spacial score (nSPS) is 16.0. The van der Waals surface area contributed by atoms with Crippen LogP contribution in [0.4, 0.5) is 4.39 Å². The number of carbonyl (C=O) groups excluding carboxylic acids is 2. The van der Waals surface area contributed by atoms with Gasteiger partial charge in [-0.1, -0.05) is 12.1 Å². The second-order valence-electron chi connectivity index (χ2n) is 6.52. The van der Waals surface area contributed by atoms with Crippen molar-refractivity contribution in [2.24, 2.45) is 0 Å². The molecule has 1 aliphatic rings. The van der Waals surface area contributed by atoms with E-state index in [-0.39, 0.29) is 24.1 Å². The summed E-state index contributed by atoms with van der Waals surface area (Å²) in [5.74, 6) is -0.0883. The molecule has 6 nitrogen and oxygen atoms in total. The Morgan fingerprint density at radius 2 is 1.96 bits per heavy atom. The SMILES string of the molecule is COc1ccc(OC)c(C2CCCN2C(=O)CNC(=O)c2ccccc2F)c1. The zero-order valence-corrected chi connectivity index (χ0v) is 15.9. The van der Waals surface area contributed by atoms with Gasteiger partial charge in [-0.3, -0.25) is 9.59 Å². The summed E-state index contributed by atoms with van der Waals surface area (Å²) in [6.07, 6.45) is 1.63. The molecule has 1 atom stereocenters. The molecule has 2 aromatic rings. The second kappa shape index (κ2) is 8.73. The molecule has 2 amide bonds. The molecule has 0 aromatic heterocycles. The van der Waals surface area contributed by atoms with Gasteiger partial charge in [0.2, 0.25) is 5.91 Å². The minimum Gasteiger partial charge on any atom is -0.497 e. The van der Waals surface area contributed by atoms with Crippen LogP contribution in [-0.2, 0) is 4.79 Å². The number of halogens is 1. The molecule has 0 saturated carbocycles. The highest BCUT2D eigenvalue weighted by Gasteiger charge is 2.32. The van der Waals surface area contributed by atoms with Crippen molar-refractivity contribution in [3.05, 3.63) is 59.4 Å². The van der Waals surface area contributed by atoms with E-state index < -0.39 is 11.7 Å². The number of amides is 2. The summed E-state index contributed by atoms with van der Waals surface area (Å²) >= 11 is 0. The Morgan fingerprint density at radius 1 is 1.18 bits per heavy atom. The third-order valence-corrected chi connectivity index (χ3v) is 4.89. The lowest BCUT2D eigenvalue weighted by Gasteiger charge is -2.27. The summed E-state index contributed by atoms with van der Waals surface area (Å²) in [6, 6.07) is 11.0. The van der Waals surface area contributed by atoms with Crippen molar-refractivity contribution in [3.8, 4) is 11.5 Å². The molecule has 7 heteroatoms. The number of methoxy groups -OCH3 is 2. The van der Waals surface area contributed by atoms with Gasteiger partial charge in [-0.05, 0) is 43.2 Å². The fourth-order valence-corrected chi connectivity index (χ4v) is 3.49. The van der Waals surface area contributed by atoms with Gasteiger partial charge in [-0.25, -0.2) is 4.39 Å². The van der Waals surface area contributed by atoms with E-state index in [9.17, 15) is 14.0 Å². The topological polar surface area (TPSA) is 67.9 Å². The van der Waals surface area contributed by atoms with Crippen LogP contribution in [0.1, 0.15) is 34.8 Å². The van der Waals surface area contributed by atoms with Crippen molar-refractivity contribution in [1.29, 1.82) is 0 Å². The Morgan fingerprint density at radius 3 is 2.68 bits per heavy atom. The minimum atomic E-state index is -0.618. The Kier molecular flexibility index (Phi) is 6.13. The van der Waals surface area contributed by atoms with Gasteiger partial charge in [0.15, 0.2) is 0 Å². The smallest absolute Gasteiger partial charge is 0.254 e. The lowest BCUT2D eigenvalue weighted by atomic mass is 10.0. The van der Waals surface area contributed by atoms with Crippen LogP contribution >= 0.6 is 0 Å². The first-order valence-corrected chi connectivity index (χ1v) is 9.09. The predicted octanol–water partition coefficient (Wildman–Crippen LogP) is 2.94. The first-order chi connectivity index (χ1) is 13.5. The quantitative estimate of drug-likeness (QED) is 0.829. The lowest BCUT2D eigenvalue weighted by Crippen LogP contribution is -2.40. The number of carbonyl (C=O) groups is 2. The average Bonchev–Trinajstić information content (AvgIpc) is 3.21. The molecule has 148 valence electrons. The van der Waals surface area contributed by atoms with Crippen molar-refractivity contribution < 1.29 is 23.5 Å². The van der Waals surface area contributed by atoms with Gasteiger partial charge in [0.1, 0.15) is 17.3 Å². The van der Waals surface area contributed by atoms with E-state index in [1.165, 1.54) is 18.2 Å². The van der Waals surface area contributed by atoms with E-state index >= 15 is 0 Å². The van der Waals surface area contributed by atoms with Gasteiger partial charge in [-0.15, -0.1) is 0 Å². The second-order valence-corrected chi connectivity index (χ2v) is 6.52. The molecule has 2 aromatic carbocycles. The molecule has 0 aliphatic carbocycles. The van der Waals surface area contributed by atoms with Crippen LogP contribution in [0, 0.1) is 5.82 Å². The van der Waals surface area contributed by atoms with Gasteiger partial charge in [0.25, 0.3) is 5.91 Å². The molecular formula is C21H23FN2O4. The molecule has 0 radical (unpaired) electrons. The van der Waals surface area contributed by atoms with Crippen LogP contribution in [0.3, 0.4) is 0 Å². The molecule has 1 heterocycles. The monoisotopic (exact) mass is 386 g/mol. The standard InChI is InChI=1S/C21H23FN2O4/c1-27-14-9-10-19(28-2)16(12-14)18-8-5-11-24(18)20(25)13-23-21(26)15-6-3-4-7-17(15)22/h3-4,6-7,9-10,12,18H,5,8,11,13H2,1-2H3,(H,23,26). The fourth-order valence-electron chi connectivity index (χ4n) is 3.49. The molecule has 0 spiro atoms. The summed E-state index contributed by atoms with van der Waals surface area (Å²) in [4.78, 5) is 26.6. The molecular weight excluding hydrogens is 363 g/mol. The van der Waals surface area contributed by atoms with Crippen LogP contribution in [0.2, 0.25) is 0 Å².